The number of imidazole rings is 1. The number of hydrogen-bond acceptors (Lipinski definition) is 3. The largest absolute Gasteiger partial charge is 0.501 e. The molecule has 13 aromatic rings. The molecule has 0 aliphatic rings. The molecule has 13 rings (SSSR count). The van der Waals surface area contributed by atoms with Crippen molar-refractivity contribution in [1.82, 2.24) is 14.5 Å². The molecule has 0 atom stereocenters. The summed E-state index contributed by atoms with van der Waals surface area (Å²) in [6, 6.07) is 78.3. The van der Waals surface area contributed by atoms with Gasteiger partial charge < -0.3 is 14.0 Å². The van der Waals surface area contributed by atoms with Crippen molar-refractivity contribution in [3.63, 3.8) is 0 Å². The van der Waals surface area contributed by atoms with Crippen LogP contribution in [-0.2, 0) is 20.1 Å². The molecule has 0 saturated heterocycles. The molecule has 0 saturated carbocycles. The van der Waals surface area contributed by atoms with Crippen LogP contribution in [0.4, 0.5) is 0 Å². The van der Waals surface area contributed by atoms with Gasteiger partial charge in [0.15, 0.2) is 0 Å². The van der Waals surface area contributed by atoms with E-state index in [9.17, 15) is 0 Å². The first-order valence-corrected chi connectivity index (χ1v) is 30.2. The van der Waals surface area contributed by atoms with Crippen LogP contribution < -0.4 is 5.19 Å². The molecule has 3 aromatic heterocycles. The second kappa shape index (κ2) is 21.4. The van der Waals surface area contributed by atoms with Crippen LogP contribution in [0.25, 0.3) is 116 Å². The van der Waals surface area contributed by atoms with Crippen molar-refractivity contribution in [2.24, 2.45) is 0 Å². The molecule has 0 aliphatic carbocycles. The second-order valence-corrected chi connectivity index (χ2v) is 26.9. The van der Waals surface area contributed by atoms with Gasteiger partial charge in [-0.05, 0) is 120 Å². The van der Waals surface area contributed by atoms with Crippen LogP contribution in [0.1, 0.15) is 60.3 Å². The van der Waals surface area contributed by atoms with E-state index in [1.807, 2.05) is 54.7 Å². The molecule has 78 heavy (non-hydrogen) atoms. The van der Waals surface area contributed by atoms with E-state index >= 15 is 0 Å². The number of nitrogens with zero attached hydrogens (tertiary/aromatic N) is 3. The minimum absolute atomic E-state index is 0. The number of aryl methyl sites for hydroxylation is 1. The fourth-order valence-electron chi connectivity index (χ4n) is 10.8. The van der Waals surface area contributed by atoms with Crippen LogP contribution in [0.3, 0.4) is 0 Å². The Labute approximate surface area is 477 Å². The maximum absolute atomic E-state index is 7.84. The zero-order chi connectivity index (χ0) is 55.5. The average molecular weight is 1210 g/mol. The van der Waals surface area contributed by atoms with E-state index in [-0.39, 0.29) is 31.9 Å². The molecule has 3 heterocycles. The van der Waals surface area contributed by atoms with Gasteiger partial charge >= 0.3 is 0 Å². The van der Waals surface area contributed by atoms with Crippen LogP contribution in [0.5, 0.6) is 0 Å². The Hall–Kier alpha value is -7.99. The number of fused-ring (bicyclic) bond motifs is 7. The van der Waals surface area contributed by atoms with Crippen LogP contribution >= 0.6 is 0 Å². The monoisotopic (exact) mass is 1210 g/mol. The van der Waals surface area contributed by atoms with Crippen molar-refractivity contribution in [1.29, 1.82) is 0 Å². The average Bonchev–Trinajstić information content (AvgIpc) is 4.29. The number of furan rings is 1. The molecule has 4 nitrogen and oxygen atoms in total. The molecule has 0 amide bonds. The second-order valence-electron chi connectivity index (χ2n) is 21.8. The first kappa shape index (κ1) is 48.4. The van der Waals surface area contributed by atoms with Crippen LogP contribution in [0, 0.1) is 19.0 Å². The molecule has 0 N–H and O–H groups in total. The van der Waals surface area contributed by atoms with E-state index in [2.05, 4.69) is 221 Å². The molecule has 6 heteroatoms. The Morgan fingerprint density at radius 2 is 1.21 bits per heavy atom. The smallest absolute Gasteiger partial charge is 0.121 e. The number of rotatable bonds is 9. The van der Waals surface area contributed by atoms with Gasteiger partial charge in [-0.25, -0.2) is 0 Å². The summed E-state index contributed by atoms with van der Waals surface area (Å²) in [5.74, 6) is 1.34. The minimum Gasteiger partial charge on any atom is -0.501 e. The quantitative estimate of drug-likeness (QED) is 0.0822. The Bertz CT molecular complexity index is 4400. The Morgan fingerprint density at radius 1 is 0.564 bits per heavy atom. The summed E-state index contributed by atoms with van der Waals surface area (Å²) in [4.78, 5) is 9.97. The van der Waals surface area contributed by atoms with Crippen molar-refractivity contribution >= 4 is 67.8 Å². The van der Waals surface area contributed by atoms with Crippen molar-refractivity contribution < 1.29 is 28.6 Å². The van der Waals surface area contributed by atoms with Gasteiger partial charge in [0.25, 0.3) is 0 Å². The van der Waals surface area contributed by atoms with Gasteiger partial charge in [-0.1, -0.05) is 216 Å². The SMILES string of the molecule is CC(C)c1cc(-c2ccc(-c3ccccc3)cc2)cc(C(C)C)c1-n1c(-c2[c-]ccc3c2oc2cc4c(ccc5ccccc54)cc23)nc2ccccc21.[2H]C([2H])([2H])c1c[c-]c(-c2ccc([Si](C)(C)C)cn2)cc1-c1ccccc1.[Ir]. The Morgan fingerprint density at radius 3 is 1.88 bits per heavy atom. The molecule has 0 unspecified atom stereocenters. The molecular weight excluding hydrogens is 1140 g/mol. The van der Waals surface area contributed by atoms with Gasteiger partial charge in [-0.3, -0.25) is 4.98 Å². The van der Waals surface area contributed by atoms with Gasteiger partial charge in [0, 0.05) is 41.5 Å². The van der Waals surface area contributed by atoms with E-state index < -0.39 is 14.9 Å². The van der Waals surface area contributed by atoms with Gasteiger partial charge in [-0.15, -0.1) is 47.5 Å². The number of para-hydroxylation sites is 2. The molecule has 385 valence electrons. The summed E-state index contributed by atoms with van der Waals surface area (Å²) in [5.41, 5.74) is 16.7. The number of hydrogen-bond donors (Lipinski definition) is 0. The number of benzene rings is 10. The van der Waals surface area contributed by atoms with E-state index in [0.29, 0.717) is 11.1 Å². The first-order valence-electron chi connectivity index (χ1n) is 28.2. The van der Waals surface area contributed by atoms with E-state index in [1.165, 1.54) is 65.8 Å². The fraction of sp³-hybridized carbons (Fsp3) is 0.139. The molecular formula is C72H61IrN3OSi-2. The molecule has 1 radical (unpaired) electrons. The first-order chi connectivity index (χ1) is 38.6. The number of aromatic nitrogens is 3. The summed E-state index contributed by atoms with van der Waals surface area (Å²) in [6.07, 6.45) is 1.94. The summed E-state index contributed by atoms with van der Waals surface area (Å²) >= 11 is 0. The summed E-state index contributed by atoms with van der Waals surface area (Å²) in [5, 5.41) is 8.29. The zero-order valence-corrected chi connectivity index (χ0v) is 48.3. The van der Waals surface area contributed by atoms with Gasteiger partial charge in [0.2, 0.25) is 0 Å². The predicted molar refractivity (Wildman–Crippen MR) is 328 cm³/mol. The molecule has 0 fully saturated rings. The third-order valence-electron chi connectivity index (χ3n) is 15.0. The fourth-order valence-corrected chi connectivity index (χ4v) is 11.8. The molecule has 0 bridgehead atoms. The van der Waals surface area contributed by atoms with Crippen molar-refractivity contribution in [2.45, 2.75) is 66.0 Å². The summed E-state index contributed by atoms with van der Waals surface area (Å²) < 4.78 is 32.8. The third-order valence-corrected chi connectivity index (χ3v) is 17.0. The van der Waals surface area contributed by atoms with Crippen LogP contribution in [0.2, 0.25) is 19.6 Å². The van der Waals surface area contributed by atoms with Crippen LogP contribution in [-0.4, -0.2) is 22.6 Å². The Kier molecular flexibility index (Phi) is 13.3. The van der Waals surface area contributed by atoms with Crippen molar-refractivity contribution in [2.75, 3.05) is 0 Å². The van der Waals surface area contributed by atoms with E-state index in [4.69, 9.17) is 13.5 Å². The maximum Gasteiger partial charge on any atom is 0.121 e. The topological polar surface area (TPSA) is 43.9 Å². The van der Waals surface area contributed by atoms with E-state index in [1.54, 1.807) is 6.07 Å². The van der Waals surface area contributed by atoms with Crippen LogP contribution in [0.15, 0.2) is 217 Å². The third kappa shape index (κ3) is 9.86. The molecule has 0 spiro atoms. The van der Waals surface area contributed by atoms with E-state index in [0.717, 1.165) is 61.2 Å². The molecule has 10 aromatic carbocycles. The maximum atomic E-state index is 7.84. The summed E-state index contributed by atoms with van der Waals surface area (Å²) in [6.45, 7) is 13.9. The minimum atomic E-state index is -2.19. The Balaban J connectivity index is 0.000000216. The van der Waals surface area contributed by atoms with Crippen molar-refractivity contribution in [3.05, 3.63) is 241 Å². The van der Waals surface area contributed by atoms with Gasteiger partial charge in [0.1, 0.15) is 5.58 Å². The summed E-state index contributed by atoms with van der Waals surface area (Å²) in [7, 11) is -1.40. The van der Waals surface area contributed by atoms with Crippen molar-refractivity contribution in [3.8, 4) is 61.7 Å². The normalized spacial score (nSPS) is 12.4. The number of pyridine rings is 1. The van der Waals surface area contributed by atoms with Gasteiger partial charge in [0.05, 0.1) is 30.5 Å². The standard InChI is InChI=1S/C51H39N2O.C21H22NSi.Ir/c1-31(2)42-28-38(35-23-21-34(22-24-35)33-13-6-5-7-14-33)29-43(32(3)4)49(42)53-47-20-11-10-19-46(47)52-51(53)41-18-12-17-40-45-27-37-26-25-36-15-8-9-16-39(36)44(37)30-48(45)54-50(40)41;1-16-10-11-18(14-20(16)17-8-6-5-7-9-17)21-13-12-19(15-22-21)23(2,3)4;/h5-17,19-32H,1-4H3;5-10,12-15H,1-4H3;/q2*-1;/i;1D3;. The zero-order valence-electron chi connectivity index (χ0n) is 47.9. The van der Waals surface area contributed by atoms with Gasteiger partial charge in [-0.2, -0.15) is 0 Å². The molecule has 0 aliphatic heterocycles. The predicted octanol–water partition coefficient (Wildman–Crippen LogP) is 19.3.